The Hall–Kier alpha value is -2.67. The highest BCUT2D eigenvalue weighted by atomic mass is 19.1. The van der Waals surface area contributed by atoms with Crippen molar-refractivity contribution in [1.29, 1.82) is 0 Å². The number of ether oxygens (including phenoxy) is 1. The fraction of sp³-hybridized carbons (Fsp3) is 0.222. The number of hydrogen-bond donors (Lipinski definition) is 1. The molecule has 4 nitrogen and oxygen atoms in total. The van der Waals surface area contributed by atoms with Gasteiger partial charge in [0.1, 0.15) is 23.2 Å². The molecular weight excluding hydrogens is 337 g/mol. The minimum atomic E-state index is -3.01. The normalized spacial score (nSPS) is 14.5. The van der Waals surface area contributed by atoms with Crippen LogP contribution in [0.5, 0.6) is 0 Å². The number of carbonyl (C=O) groups is 2. The molecule has 2 rings (SSSR count). The summed E-state index contributed by atoms with van der Waals surface area (Å²) in [6, 6.07) is 8.14. The van der Waals surface area contributed by atoms with Crippen LogP contribution in [0, 0.1) is 17.5 Å². The standard InChI is InChI=1S/C18H15F3O4/c1-10(22)15(11-6-4-3-5-7-11)18(24,17(23)25-2)16-13(20)8-12(19)9-14(16)21/h3-9,15,24H,1-2H3. The second-order valence-electron chi connectivity index (χ2n) is 5.46. The highest BCUT2D eigenvalue weighted by Gasteiger charge is 2.53. The maximum atomic E-state index is 14.3. The van der Waals surface area contributed by atoms with Crippen LogP contribution < -0.4 is 0 Å². The van der Waals surface area contributed by atoms with E-state index in [2.05, 4.69) is 4.74 Å². The molecule has 132 valence electrons. The fourth-order valence-electron chi connectivity index (χ4n) is 2.84. The summed E-state index contributed by atoms with van der Waals surface area (Å²) in [7, 11) is 0.898. The van der Waals surface area contributed by atoms with Crippen molar-refractivity contribution < 1.29 is 32.6 Å². The number of ketones is 1. The summed E-state index contributed by atoms with van der Waals surface area (Å²) in [6.45, 7) is 1.06. The highest BCUT2D eigenvalue weighted by molar-refractivity contribution is 5.94. The van der Waals surface area contributed by atoms with Gasteiger partial charge in [-0.05, 0) is 12.5 Å². The molecule has 0 aliphatic rings. The first-order valence-corrected chi connectivity index (χ1v) is 7.24. The van der Waals surface area contributed by atoms with Crippen molar-refractivity contribution in [3.63, 3.8) is 0 Å². The molecule has 0 saturated carbocycles. The van der Waals surface area contributed by atoms with Crippen LogP contribution in [0.1, 0.15) is 24.0 Å². The van der Waals surface area contributed by atoms with Gasteiger partial charge < -0.3 is 9.84 Å². The third-order valence-electron chi connectivity index (χ3n) is 3.84. The summed E-state index contributed by atoms with van der Waals surface area (Å²) >= 11 is 0. The zero-order chi connectivity index (χ0) is 18.8. The zero-order valence-corrected chi connectivity index (χ0v) is 13.4. The molecule has 0 bridgehead atoms. The summed E-state index contributed by atoms with van der Waals surface area (Å²) in [5.74, 6) is -8.08. The van der Waals surface area contributed by atoms with Gasteiger partial charge in [-0.2, -0.15) is 0 Å². The minimum Gasteiger partial charge on any atom is -0.467 e. The largest absolute Gasteiger partial charge is 0.467 e. The Kier molecular flexibility index (Phi) is 5.27. The lowest BCUT2D eigenvalue weighted by Crippen LogP contribution is -2.46. The summed E-state index contributed by atoms with van der Waals surface area (Å²) in [6.07, 6.45) is 0. The average molecular weight is 352 g/mol. The van der Waals surface area contributed by atoms with Crippen molar-refractivity contribution in [1.82, 2.24) is 0 Å². The van der Waals surface area contributed by atoms with Crippen LogP contribution in [0.15, 0.2) is 42.5 Å². The monoisotopic (exact) mass is 352 g/mol. The lowest BCUT2D eigenvalue weighted by Gasteiger charge is -2.33. The molecule has 0 amide bonds. The van der Waals surface area contributed by atoms with Gasteiger partial charge in [-0.1, -0.05) is 30.3 Å². The van der Waals surface area contributed by atoms with Crippen molar-refractivity contribution in [2.24, 2.45) is 0 Å². The van der Waals surface area contributed by atoms with Gasteiger partial charge in [0.05, 0.1) is 18.6 Å². The van der Waals surface area contributed by atoms with Gasteiger partial charge in [0, 0.05) is 12.1 Å². The number of Topliss-reactive ketones (excluding diaryl/α,β-unsaturated/α-hetero) is 1. The Bertz CT molecular complexity index is 784. The summed E-state index contributed by atoms with van der Waals surface area (Å²) < 4.78 is 46.3. The van der Waals surface area contributed by atoms with E-state index in [1.165, 1.54) is 24.3 Å². The van der Waals surface area contributed by atoms with E-state index >= 15 is 0 Å². The molecule has 0 spiro atoms. The van der Waals surface area contributed by atoms with Crippen molar-refractivity contribution in [2.75, 3.05) is 7.11 Å². The van der Waals surface area contributed by atoms with Gasteiger partial charge >= 0.3 is 5.97 Å². The van der Waals surface area contributed by atoms with Crippen LogP contribution in [-0.2, 0) is 19.9 Å². The quantitative estimate of drug-likeness (QED) is 0.841. The van der Waals surface area contributed by atoms with E-state index in [-0.39, 0.29) is 5.56 Å². The minimum absolute atomic E-state index is 0.144. The molecule has 7 heteroatoms. The number of benzene rings is 2. The molecule has 2 unspecified atom stereocenters. The third kappa shape index (κ3) is 3.28. The van der Waals surface area contributed by atoms with Crippen LogP contribution in [0.25, 0.3) is 0 Å². The van der Waals surface area contributed by atoms with Gasteiger partial charge in [0.25, 0.3) is 0 Å². The van der Waals surface area contributed by atoms with Gasteiger partial charge in [0.2, 0.25) is 5.60 Å². The van der Waals surface area contributed by atoms with E-state index in [0.717, 1.165) is 14.0 Å². The lowest BCUT2D eigenvalue weighted by molar-refractivity contribution is -0.169. The van der Waals surface area contributed by atoms with Gasteiger partial charge in [0.15, 0.2) is 0 Å². The van der Waals surface area contributed by atoms with E-state index in [1.54, 1.807) is 6.07 Å². The van der Waals surface area contributed by atoms with Crippen molar-refractivity contribution in [2.45, 2.75) is 18.4 Å². The first kappa shape index (κ1) is 18.7. The molecule has 0 radical (unpaired) electrons. The van der Waals surface area contributed by atoms with Crippen LogP contribution in [0.2, 0.25) is 0 Å². The smallest absolute Gasteiger partial charge is 0.343 e. The molecule has 0 fully saturated rings. The van der Waals surface area contributed by atoms with E-state index in [0.29, 0.717) is 12.1 Å². The first-order chi connectivity index (χ1) is 11.7. The fourth-order valence-corrected chi connectivity index (χ4v) is 2.84. The summed E-state index contributed by atoms with van der Waals surface area (Å²) in [5.41, 5.74) is -4.01. The van der Waals surface area contributed by atoms with Crippen molar-refractivity contribution in [3.05, 3.63) is 71.0 Å². The Balaban J connectivity index is 2.82. The van der Waals surface area contributed by atoms with E-state index in [9.17, 15) is 27.9 Å². The number of aliphatic hydroxyl groups is 1. The molecule has 0 aliphatic heterocycles. The van der Waals surface area contributed by atoms with E-state index in [1.807, 2.05) is 0 Å². The molecule has 2 aromatic rings. The number of hydrogen-bond acceptors (Lipinski definition) is 4. The average Bonchev–Trinajstić information content (AvgIpc) is 2.53. The predicted molar refractivity (Wildman–Crippen MR) is 82.1 cm³/mol. The van der Waals surface area contributed by atoms with Crippen molar-refractivity contribution >= 4 is 11.8 Å². The van der Waals surface area contributed by atoms with E-state index < -0.39 is 46.3 Å². The number of carbonyl (C=O) groups excluding carboxylic acids is 2. The Morgan fingerprint density at radius 2 is 1.60 bits per heavy atom. The second kappa shape index (κ2) is 7.06. The van der Waals surface area contributed by atoms with Crippen molar-refractivity contribution in [3.8, 4) is 0 Å². The van der Waals surface area contributed by atoms with Crippen LogP contribution in [-0.4, -0.2) is 24.0 Å². The number of methoxy groups -OCH3 is 1. The number of esters is 1. The van der Waals surface area contributed by atoms with Gasteiger partial charge in [-0.3, -0.25) is 4.79 Å². The van der Waals surface area contributed by atoms with Gasteiger partial charge in [-0.25, -0.2) is 18.0 Å². The predicted octanol–water partition coefficient (Wildman–Crippen LogP) is 2.84. The van der Waals surface area contributed by atoms with Crippen LogP contribution in [0.4, 0.5) is 13.2 Å². The molecule has 25 heavy (non-hydrogen) atoms. The molecular formula is C18H15F3O4. The Labute approximate surface area is 141 Å². The van der Waals surface area contributed by atoms with E-state index in [4.69, 9.17) is 0 Å². The molecule has 2 atom stereocenters. The molecule has 0 aromatic heterocycles. The molecule has 2 aromatic carbocycles. The molecule has 0 aliphatic carbocycles. The maximum Gasteiger partial charge on any atom is 0.343 e. The van der Waals surface area contributed by atoms with Gasteiger partial charge in [-0.15, -0.1) is 0 Å². The first-order valence-electron chi connectivity index (χ1n) is 7.24. The third-order valence-corrected chi connectivity index (χ3v) is 3.84. The second-order valence-corrected chi connectivity index (χ2v) is 5.46. The SMILES string of the molecule is COC(=O)C(O)(c1c(F)cc(F)cc1F)C(C(C)=O)c1ccccc1. The number of rotatable bonds is 5. The number of halogens is 3. The lowest BCUT2D eigenvalue weighted by atomic mass is 9.74. The zero-order valence-electron chi connectivity index (χ0n) is 13.4. The topological polar surface area (TPSA) is 63.6 Å². The summed E-state index contributed by atoms with van der Waals surface area (Å²) in [5, 5.41) is 11.0. The Morgan fingerprint density at radius 3 is 2.04 bits per heavy atom. The maximum absolute atomic E-state index is 14.3. The van der Waals surface area contributed by atoms with Crippen LogP contribution in [0.3, 0.4) is 0 Å². The Morgan fingerprint density at radius 1 is 1.08 bits per heavy atom. The molecule has 0 heterocycles. The van der Waals surface area contributed by atoms with Crippen LogP contribution >= 0.6 is 0 Å². The summed E-state index contributed by atoms with van der Waals surface area (Å²) in [4.78, 5) is 24.5. The highest BCUT2D eigenvalue weighted by Crippen LogP contribution is 2.41. The molecule has 1 N–H and O–H groups in total. The molecule has 0 saturated heterocycles.